The second-order valence-corrected chi connectivity index (χ2v) is 4.41. The maximum atomic E-state index is 10.00. The average molecular weight is 220 g/mol. The molecule has 0 bridgehead atoms. The van der Waals surface area contributed by atoms with E-state index in [0.29, 0.717) is 6.04 Å². The molecule has 0 radical (unpaired) electrons. The Kier molecular flexibility index (Phi) is 4.35. The average Bonchev–Trinajstić information content (AvgIpc) is 2.18. The van der Waals surface area contributed by atoms with E-state index in [-0.39, 0.29) is 11.8 Å². The second kappa shape index (κ2) is 5.54. The first-order valence-corrected chi connectivity index (χ1v) is 5.62. The summed E-state index contributed by atoms with van der Waals surface area (Å²) in [5, 5.41) is 13.2. The first-order valence-electron chi connectivity index (χ1n) is 5.62. The zero-order valence-corrected chi connectivity index (χ0v) is 10.4. The third-order valence-corrected chi connectivity index (χ3v) is 2.02. The van der Waals surface area contributed by atoms with E-state index in [2.05, 4.69) is 10.3 Å². The molecule has 0 aliphatic rings. The van der Waals surface area contributed by atoms with Gasteiger partial charge in [0.1, 0.15) is 5.75 Å². The predicted octanol–water partition coefficient (Wildman–Crippen LogP) is 3.04. The second-order valence-electron chi connectivity index (χ2n) is 4.41. The van der Waals surface area contributed by atoms with Crippen LogP contribution in [0.3, 0.4) is 0 Å². The molecule has 16 heavy (non-hydrogen) atoms. The highest BCUT2D eigenvalue weighted by atomic mass is 16.3. The van der Waals surface area contributed by atoms with Gasteiger partial charge < -0.3 is 10.4 Å². The molecule has 0 saturated carbocycles. The van der Waals surface area contributed by atoms with Crippen molar-refractivity contribution >= 4 is 11.9 Å². The summed E-state index contributed by atoms with van der Waals surface area (Å²) in [7, 11) is 0. The fourth-order valence-electron chi connectivity index (χ4n) is 1.32. The number of anilines is 1. The molecule has 0 aromatic heterocycles. The van der Waals surface area contributed by atoms with Crippen LogP contribution in [0, 0.1) is 0 Å². The Morgan fingerprint density at radius 1 is 1.25 bits per heavy atom. The maximum Gasteiger partial charge on any atom is 0.147 e. The van der Waals surface area contributed by atoms with Gasteiger partial charge in [-0.15, -0.1) is 0 Å². The van der Waals surface area contributed by atoms with E-state index in [0.717, 1.165) is 11.3 Å². The molecule has 0 atom stereocenters. The molecule has 0 amide bonds. The number of aliphatic imine (C=N–C) groups is 1. The molecule has 1 aromatic rings. The number of para-hydroxylation sites is 1. The lowest BCUT2D eigenvalue weighted by Crippen LogP contribution is -2.10. The Bertz CT molecular complexity index is 370. The van der Waals surface area contributed by atoms with Gasteiger partial charge in [0.15, 0.2) is 0 Å². The van der Waals surface area contributed by atoms with Gasteiger partial charge in [0.2, 0.25) is 0 Å². The molecule has 1 rings (SSSR count). The van der Waals surface area contributed by atoms with Crippen molar-refractivity contribution in [3.8, 4) is 5.75 Å². The third kappa shape index (κ3) is 3.57. The van der Waals surface area contributed by atoms with E-state index < -0.39 is 0 Å². The SMILES string of the molecule is CC(C)N=Cc1cccc(NC(C)C)c1O. The molecular weight excluding hydrogens is 200 g/mol. The van der Waals surface area contributed by atoms with Crippen LogP contribution < -0.4 is 5.32 Å². The lowest BCUT2D eigenvalue weighted by Gasteiger charge is -2.12. The van der Waals surface area contributed by atoms with E-state index in [1.165, 1.54) is 0 Å². The summed E-state index contributed by atoms with van der Waals surface area (Å²) in [6, 6.07) is 6.16. The normalized spacial score (nSPS) is 11.6. The Balaban J connectivity index is 2.94. The molecule has 0 spiro atoms. The standard InChI is InChI=1S/C13H20N2O/c1-9(2)14-8-11-6-5-7-12(13(11)16)15-10(3)4/h5-10,15-16H,1-4H3. The number of phenolic OH excluding ortho intramolecular Hbond substituents is 1. The summed E-state index contributed by atoms with van der Waals surface area (Å²) < 4.78 is 0. The number of nitrogens with one attached hydrogen (secondary N) is 1. The number of aromatic hydroxyl groups is 1. The van der Waals surface area contributed by atoms with Crippen LogP contribution in [0.5, 0.6) is 5.75 Å². The highest BCUT2D eigenvalue weighted by Gasteiger charge is 2.05. The lowest BCUT2D eigenvalue weighted by atomic mass is 10.1. The zero-order valence-electron chi connectivity index (χ0n) is 10.4. The van der Waals surface area contributed by atoms with Crippen molar-refractivity contribution in [3.05, 3.63) is 23.8 Å². The fraction of sp³-hybridized carbons (Fsp3) is 0.462. The van der Waals surface area contributed by atoms with Gasteiger partial charge in [0, 0.05) is 23.9 Å². The summed E-state index contributed by atoms with van der Waals surface area (Å²) in [5.41, 5.74) is 1.50. The van der Waals surface area contributed by atoms with E-state index in [1.54, 1.807) is 6.21 Å². The summed E-state index contributed by atoms with van der Waals surface area (Å²) in [6.07, 6.45) is 1.71. The number of rotatable bonds is 4. The van der Waals surface area contributed by atoms with Crippen molar-refractivity contribution in [2.75, 3.05) is 5.32 Å². The predicted molar refractivity (Wildman–Crippen MR) is 69.6 cm³/mol. The molecule has 3 nitrogen and oxygen atoms in total. The van der Waals surface area contributed by atoms with Crippen LogP contribution in [-0.4, -0.2) is 23.4 Å². The number of benzene rings is 1. The van der Waals surface area contributed by atoms with Gasteiger partial charge in [-0.2, -0.15) is 0 Å². The summed E-state index contributed by atoms with van der Waals surface area (Å²) in [5.74, 6) is 0.264. The minimum atomic E-state index is 0.237. The van der Waals surface area contributed by atoms with Crippen molar-refractivity contribution in [2.45, 2.75) is 39.8 Å². The minimum Gasteiger partial charge on any atom is -0.505 e. The van der Waals surface area contributed by atoms with E-state index in [1.807, 2.05) is 45.9 Å². The molecular formula is C13H20N2O. The molecule has 88 valence electrons. The molecule has 2 N–H and O–H groups in total. The van der Waals surface area contributed by atoms with Gasteiger partial charge in [0.25, 0.3) is 0 Å². The molecule has 0 aliphatic carbocycles. The molecule has 3 heteroatoms. The van der Waals surface area contributed by atoms with Crippen molar-refractivity contribution < 1.29 is 5.11 Å². The Morgan fingerprint density at radius 3 is 2.50 bits per heavy atom. The van der Waals surface area contributed by atoms with Crippen LogP contribution in [0.25, 0.3) is 0 Å². The van der Waals surface area contributed by atoms with Crippen LogP contribution in [0.15, 0.2) is 23.2 Å². The maximum absolute atomic E-state index is 10.00. The molecule has 0 aliphatic heterocycles. The molecule has 0 unspecified atom stereocenters. The minimum absolute atomic E-state index is 0.237. The number of phenols is 1. The molecule has 0 saturated heterocycles. The first kappa shape index (κ1) is 12.6. The van der Waals surface area contributed by atoms with Gasteiger partial charge in [-0.25, -0.2) is 0 Å². The van der Waals surface area contributed by atoms with Crippen LogP contribution in [-0.2, 0) is 0 Å². The fourth-order valence-corrected chi connectivity index (χ4v) is 1.32. The van der Waals surface area contributed by atoms with E-state index in [4.69, 9.17) is 0 Å². The summed E-state index contributed by atoms with van der Waals surface area (Å²) >= 11 is 0. The van der Waals surface area contributed by atoms with Crippen LogP contribution in [0.1, 0.15) is 33.3 Å². The number of hydrogen-bond donors (Lipinski definition) is 2. The van der Waals surface area contributed by atoms with E-state index in [9.17, 15) is 5.11 Å². The topological polar surface area (TPSA) is 44.6 Å². The van der Waals surface area contributed by atoms with Crippen molar-refractivity contribution in [1.29, 1.82) is 0 Å². The smallest absolute Gasteiger partial charge is 0.147 e. The number of hydrogen-bond acceptors (Lipinski definition) is 3. The highest BCUT2D eigenvalue weighted by Crippen LogP contribution is 2.26. The third-order valence-electron chi connectivity index (χ3n) is 2.02. The summed E-state index contributed by atoms with van der Waals surface area (Å²) in [6.45, 7) is 8.08. The van der Waals surface area contributed by atoms with Gasteiger partial charge in [-0.1, -0.05) is 6.07 Å². The first-order chi connectivity index (χ1) is 7.50. The van der Waals surface area contributed by atoms with E-state index >= 15 is 0 Å². The lowest BCUT2D eigenvalue weighted by molar-refractivity contribution is 0.476. The van der Waals surface area contributed by atoms with Crippen molar-refractivity contribution in [2.24, 2.45) is 4.99 Å². The Hall–Kier alpha value is -1.51. The zero-order chi connectivity index (χ0) is 12.1. The Morgan fingerprint density at radius 2 is 1.94 bits per heavy atom. The molecule has 0 fully saturated rings. The summed E-state index contributed by atoms with van der Waals surface area (Å²) in [4.78, 5) is 4.26. The van der Waals surface area contributed by atoms with Gasteiger partial charge >= 0.3 is 0 Å². The van der Waals surface area contributed by atoms with Gasteiger partial charge in [0.05, 0.1) is 5.69 Å². The Labute approximate surface area is 97.2 Å². The molecule has 1 aromatic carbocycles. The monoisotopic (exact) mass is 220 g/mol. The highest BCUT2D eigenvalue weighted by molar-refractivity contribution is 5.86. The number of nitrogens with zero attached hydrogens (tertiary/aromatic N) is 1. The van der Waals surface area contributed by atoms with Gasteiger partial charge in [-0.05, 0) is 39.8 Å². The van der Waals surface area contributed by atoms with Crippen LogP contribution in [0.2, 0.25) is 0 Å². The molecule has 0 heterocycles. The largest absolute Gasteiger partial charge is 0.505 e. The van der Waals surface area contributed by atoms with Crippen molar-refractivity contribution in [1.82, 2.24) is 0 Å². The van der Waals surface area contributed by atoms with Crippen molar-refractivity contribution in [3.63, 3.8) is 0 Å². The van der Waals surface area contributed by atoms with Crippen LogP contribution in [0.4, 0.5) is 5.69 Å². The van der Waals surface area contributed by atoms with Crippen LogP contribution >= 0.6 is 0 Å². The van der Waals surface area contributed by atoms with Gasteiger partial charge in [-0.3, -0.25) is 4.99 Å². The quantitative estimate of drug-likeness (QED) is 0.605.